The fourth-order valence-electron chi connectivity index (χ4n) is 5.03. The summed E-state index contributed by atoms with van der Waals surface area (Å²) in [6.45, 7) is 16.4. The van der Waals surface area contributed by atoms with Crippen LogP contribution in [0.3, 0.4) is 0 Å². The predicted octanol–water partition coefficient (Wildman–Crippen LogP) is 7.28. The van der Waals surface area contributed by atoms with Crippen LogP contribution >= 0.6 is 15.9 Å². The lowest BCUT2D eigenvalue weighted by atomic mass is 9.65. The van der Waals surface area contributed by atoms with Crippen molar-refractivity contribution in [3.05, 3.63) is 61.7 Å². The molecule has 0 aliphatic heterocycles. The Balaban J connectivity index is 2.14. The molecule has 0 saturated carbocycles. The molecule has 0 spiro atoms. The van der Waals surface area contributed by atoms with E-state index in [9.17, 15) is 0 Å². The molecule has 0 radical (unpaired) electrons. The average Bonchev–Trinajstić information content (AvgIpc) is 2.91. The van der Waals surface area contributed by atoms with E-state index in [1.165, 1.54) is 32.3 Å². The summed E-state index contributed by atoms with van der Waals surface area (Å²) < 4.78 is 1.21. The molecule has 0 fully saturated rings. The maximum atomic E-state index is 3.73. The van der Waals surface area contributed by atoms with Gasteiger partial charge in [-0.25, -0.2) is 0 Å². The molecule has 23 heavy (non-hydrogen) atoms. The Labute approximate surface area is 149 Å². The number of hydrogen-bond acceptors (Lipinski definition) is 0. The first kappa shape index (κ1) is 16.8. The molecule has 0 saturated heterocycles. The summed E-state index contributed by atoms with van der Waals surface area (Å²) in [5.41, 5.74) is 10.6. The summed E-state index contributed by atoms with van der Waals surface area (Å²) in [7, 11) is 0. The van der Waals surface area contributed by atoms with E-state index in [-0.39, 0.29) is 5.41 Å². The SMILES string of the molecule is CC1=Cc2c(Br)cccc2C1C(C)(C)C1=C(C)C(C)=C(C)C1C. The van der Waals surface area contributed by atoms with Crippen molar-refractivity contribution >= 4 is 22.0 Å². The van der Waals surface area contributed by atoms with Gasteiger partial charge in [0.25, 0.3) is 0 Å². The van der Waals surface area contributed by atoms with Gasteiger partial charge in [-0.15, -0.1) is 0 Å². The van der Waals surface area contributed by atoms with Crippen molar-refractivity contribution in [2.45, 2.75) is 54.4 Å². The lowest BCUT2D eigenvalue weighted by Crippen LogP contribution is -2.27. The van der Waals surface area contributed by atoms with Crippen LogP contribution in [0.15, 0.2) is 50.5 Å². The van der Waals surface area contributed by atoms with Crippen molar-refractivity contribution in [2.75, 3.05) is 0 Å². The van der Waals surface area contributed by atoms with Crippen molar-refractivity contribution in [3.63, 3.8) is 0 Å². The normalized spacial score (nSPS) is 24.4. The Bertz CT molecular complexity index is 771. The number of benzene rings is 1. The van der Waals surface area contributed by atoms with Crippen molar-refractivity contribution in [3.8, 4) is 0 Å². The largest absolute Gasteiger partial charge is 0.0643 e. The van der Waals surface area contributed by atoms with E-state index >= 15 is 0 Å². The van der Waals surface area contributed by atoms with Gasteiger partial charge < -0.3 is 0 Å². The number of hydrogen-bond donors (Lipinski definition) is 0. The van der Waals surface area contributed by atoms with Crippen molar-refractivity contribution < 1.29 is 0 Å². The minimum atomic E-state index is 0.120. The molecule has 2 atom stereocenters. The molecule has 0 bridgehead atoms. The molecule has 0 aromatic heterocycles. The highest BCUT2D eigenvalue weighted by Crippen LogP contribution is 2.57. The minimum absolute atomic E-state index is 0.120. The zero-order valence-corrected chi connectivity index (χ0v) is 16.9. The number of allylic oxidation sites excluding steroid dienone is 5. The highest BCUT2D eigenvalue weighted by Gasteiger charge is 2.43. The van der Waals surface area contributed by atoms with Gasteiger partial charge in [0.15, 0.2) is 0 Å². The third kappa shape index (κ3) is 2.31. The van der Waals surface area contributed by atoms with Crippen molar-refractivity contribution in [2.24, 2.45) is 11.3 Å². The van der Waals surface area contributed by atoms with E-state index in [2.05, 4.69) is 88.7 Å². The lowest BCUT2D eigenvalue weighted by molar-refractivity contribution is 0.359. The minimum Gasteiger partial charge on any atom is -0.0643 e. The zero-order chi connectivity index (χ0) is 17.1. The van der Waals surface area contributed by atoms with Crippen LogP contribution in [-0.2, 0) is 0 Å². The summed E-state index contributed by atoms with van der Waals surface area (Å²) in [5, 5.41) is 0. The maximum absolute atomic E-state index is 3.73. The molecule has 2 unspecified atom stereocenters. The van der Waals surface area contributed by atoms with E-state index in [4.69, 9.17) is 0 Å². The van der Waals surface area contributed by atoms with Crippen molar-refractivity contribution in [1.29, 1.82) is 0 Å². The molecule has 2 aliphatic carbocycles. The first-order valence-corrected chi connectivity index (χ1v) is 9.32. The van der Waals surface area contributed by atoms with Crippen LogP contribution in [0.1, 0.15) is 65.5 Å². The monoisotopic (exact) mass is 370 g/mol. The van der Waals surface area contributed by atoms with Gasteiger partial charge in [0.1, 0.15) is 0 Å². The second kappa shape index (κ2) is 5.48. The van der Waals surface area contributed by atoms with E-state index < -0.39 is 0 Å². The Morgan fingerprint density at radius 1 is 1.00 bits per heavy atom. The number of fused-ring (bicyclic) bond motifs is 1. The van der Waals surface area contributed by atoms with Crippen LogP contribution in [0.2, 0.25) is 0 Å². The zero-order valence-electron chi connectivity index (χ0n) is 15.3. The molecule has 2 aliphatic rings. The second-order valence-electron chi connectivity index (χ2n) is 7.85. The summed E-state index contributed by atoms with van der Waals surface area (Å²) in [6, 6.07) is 6.63. The van der Waals surface area contributed by atoms with Gasteiger partial charge >= 0.3 is 0 Å². The molecule has 0 heterocycles. The van der Waals surface area contributed by atoms with E-state index in [0.29, 0.717) is 11.8 Å². The second-order valence-corrected chi connectivity index (χ2v) is 8.71. The third-order valence-corrected chi connectivity index (χ3v) is 6.97. The smallest absolute Gasteiger partial charge is 0.0250 e. The first-order valence-electron chi connectivity index (χ1n) is 8.53. The Morgan fingerprint density at radius 3 is 2.22 bits per heavy atom. The first-order chi connectivity index (χ1) is 10.7. The highest BCUT2D eigenvalue weighted by molar-refractivity contribution is 9.10. The van der Waals surface area contributed by atoms with E-state index in [0.717, 1.165) is 0 Å². The molecule has 1 aromatic rings. The summed E-state index contributed by atoms with van der Waals surface area (Å²) in [6.07, 6.45) is 2.37. The van der Waals surface area contributed by atoms with Gasteiger partial charge in [0.2, 0.25) is 0 Å². The molecule has 1 aromatic carbocycles. The molecule has 3 rings (SSSR count). The summed E-state index contributed by atoms with van der Waals surface area (Å²) in [5.74, 6) is 1.01. The Hall–Kier alpha value is -1.08. The predicted molar refractivity (Wildman–Crippen MR) is 105 cm³/mol. The van der Waals surface area contributed by atoms with Crippen molar-refractivity contribution in [1.82, 2.24) is 0 Å². The van der Waals surface area contributed by atoms with Gasteiger partial charge in [-0.3, -0.25) is 0 Å². The topological polar surface area (TPSA) is 0 Å². The van der Waals surface area contributed by atoms with Crippen LogP contribution in [-0.4, -0.2) is 0 Å². The highest BCUT2D eigenvalue weighted by atomic mass is 79.9. The molecular weight excluding hydrogens is 344 g/mol. The average molecular weight is 371 g/mol. The van der Waals surface area contributed by atoms with Crippen LogP contribution in [0.4, 0.5) is 0 Å². The molecule has 0 nitrogen and oxygen atoms in total. The van der Waals surface area contributed by atoms with Gasteiger partial charge in [-0.2, -0.15) is 0 Å². The molecule has 0 amide bonds. The van der Waals surface area contributed by atoms with Crippen LogP contribution in [0.5, 0.6) is 0 Å². The van der Waals surface area contributed by atoms with Crippen LogP contribution < -0.4 is 0 Å². The van der Waals surface area contributed by atoms with Crippen LogP contribution in [0, 0.1) is 11.3 Å². The number of rotatable bonds is 2. The molecule has 122 valence electrons. The summed E-state index contributed by atoms with van der Waals surface area (Å²) in [4.78, 5) is 0. The Kier molecular flexibility index (Phi) is 3.99. The van der Waals surface area contributed by atoms with Gasteiger partial charge in [0, 0.05) is 10.4 Å². The third-order valence-electron chi connectivity index (χ3n) is 6.28. The lowest BCUT2D eigenvalue weighted by Gasteiger charge is -2.39. The molecular formula is C22H27Br. The maximum Gasteiger partial charge on any atom is 0.0250 e. The van der Waals surface area contributed by atoms with Gasteiger partial charge in [-0.1, -0.05) is 71.6 Å². The standard InChI is InChI=1S/C22H27Br/c1-12-11-18-17(9-8-10-19(18)23)20(12)22(6,7)21-15(4)13(2)14(3)16(21)5/h8-11,15,20H,1-7H3. The molecule has 1 heteroatoms. The molecule has 0 N–H and O–H groups in total. The fraction of sp³-hybridized carbons (Fsp3) is 0.455. The van der Waals surface area contributed by atoms with Gasteiger partial charge in [0.05, 0.1) is 0 Å². The van der Waals surface area contributed by atoms with E-state index in [1.54, 1.807) is 11.1 Å². The van der Waals surface area contributed by atoms with E-state index in [1.807, 2.05) is 0 Å². The van der Waals surface area contributed by atoms with Crippen LogP contribution in [0.25, 0.3) is 6.08 Å². The summed E-state index contributed by atoms with van der Waals surface area (Å²) >= 11 is 3.73. The number of halogens is 1. The Morgan fingerprint density at radius 2 is 1.65 bits per heavy atom. The fourth-order valence-corrected chi connectivity index (χ4v) is 5.53. The quantitative estimate of drug-likeness (QED) is 0.512. The van der Waals surface area contributed by atoms with Gasteiger partial charge in [-0.05, 0) is 67.4 Å².